The molecule has 0 spiro atoms. The second-order valence-corrected chi connectivity index (χ2v) is 4.35. The Balaban J connectivity index is 4.20. The van der Waals surface area contributed by atoms with E-state index in [1.165, 1.54) is 0 Å². The highest BCUT2D eigenvalue weighted by molar-refractivity contribution is 5.89. The summed E-state index contributed by atoms with van der Waals surface area (Å²) >= 11 is 0. The summed E-state index contributed by atoms with van der Waals surface area (Å²) in [5, 5.41) is 21.5. The Hall–Kier alpha value is -2.07. The highest BCUT2D eigenvalue weighted by Gasteiger charge is 2.25. The molecule has 0 aromatic carbocycles. The first-order valence-electron chi connectivity index (χ1n) is 6.07. The van der Waals surface area contributed by atoms with E-state index < -0.39 is 48.6 Å². The van der Waals surface area contributed by atoms with E-state index in [1.807, 2.05) is 5.32 Å². The Morgan fingerprint density at radius 3 is 2.29 bits per heavy atom. The largest absolute Gasteiger partial charge is 0.481 e. The van der Waals surface area contributed by atoms with Crippen LogP contribution in [0.25, 0.3) is 0 Å². The standard InChI is InChI=1S/C11H18FN3O6/c1-5(16)9(10(12)20)15-7(17)4-14-11(21)6(13)2-3-8(18)19/h5-6,9,16H,2-4,13H2,1H3,(H,14,21)(H,15,17)(H,18,19)/t5-,6+,9+/m1/s1. The summed E-state index contributed by atoms with van der Waals surface area (Å²) in [6.45, 7) is 0.527. The smallest absolute Gasteiger partial charge is 0.326 e. The lowest BCUT2D eigenvalue weighted by atomic mass is 10.1. The predicted molar refractivity (Wildman–Crippen MR) is 67.6 cm³/mol. The lowest BCUT2D eigenvalue weighted by molar-refractivity contribution is -0.137. The summed E-state index contributed by atoms with van der Waals surface area (Å²) < 4.78 is 12.5. The minimum Gasteiger partial charge on any atom is -0.481 e. The number of hydrogen-bond acceptors (Lipinski definition) is 6. The summed E-state index contributed by atoms with van der Waals surface area (Å²) in [6.07, 6.45) is -1.84. The van der Waals surface area contributed by atoms with E-state index in [0.717, 1.165) is 6.92 Å². The molecule has 0 aromatic rings. The van der Waals surface area contributed by atoms with Crippen LogP contribution in [0, 0.1) is 0 Å². The molecule has 0 aliphatic rings. The topological polar surface area (TPSA) is 159 Å². The van der Waals surface area contributed by atoms with Crippen LogP contribution < -0.4 is 16.4 Å². The number of aliphatic hydroxyl groups excluding tert-OH is 1. The highest BCUT2D eigenvalue weighted by atomic mass is 19.1. The van der Waals surface area contributed by atoms with Crippen molar-refractivity contribution in [2.24, 2.45) is 5.73 Å². The van der Waals surface area contributed by atoms with Crippen molar-refractivity contribution in [3.63, 3.8) is 0 Å². The van der Waals surface area contributed by atoms with Gasteiger partial charge in [0.1, 0.15) is 6.04 Å². The maximum Gasteiger partial charge on any atom is 0.326 e. The fourth-order valence-electron chi connectivity index (χ4n) is 1.30. The number of carbonyl (C=O) groups is 4. The zero-order valence-electron chi connectivity index (χ0n) is 11.3. The fourth-order valence-corrected chi connectivity index (χ4v) is 1.30. The first kappa shape index (κ1) is 18.9. The molecule has 10 heteroatoms. The number of carbonyl (C=O) groups excluding carboxylic acids is 3. The second-order valence-electron chi connectivity index (χ2n) is 4.35. The van der Waals surface area contributed by atoms with Gasteiger partial charge in [-0.05, 0) is 13.3 Å². The Morgan fingerprint density at radius 2 is 1.86 bits per heavy atom. The van der Waals surface area contributed by atoms with Crippen molar-refractivity contribution in [2.45, 2.75) is 38.0 Å². The third-order valence-corrected chi connectivity index (χ3v) is 2.47. The van der Waals surface area contributed by atoms with E-state index in [9.17, 15) is 23.6 Å². The molecule has 0 radical (unpaired) electrons. The van der Waals surface area contributed by atoms with Gasteiger partial charge in [0.25, 0.3) is 0 Å². The molecule has 21 heavy (non-hydrogen) atoms. The molecule has 3 atom stereocenters. The second kappa shape index (κ2) is 8.97. The van der Waals surface area contributed by atoms with Crippen molar-refractivity contribution in [3.05, 3.63) is 0 Å². The van der Waals surface area contributed by atoms with Crippen molar-refractivity contribution in [1.29, 1.82) is 0 Å². The van der Waals surface area contributed by atoms with Crippen molar-refractivity contribution in [1.82, 2.24) is 10.6 Å². The molecule has 0 aliphatic heterocycles. The van der Waals surface area contributed by atoms with E-state index in [4.69, 9.17) is 15.9 Å². The first-order valence-corrected chi connectivity index (χ1v) is 6.07. The number of aliphatic carboxylic acids is 1. The van der Waals surface area contributed by atoms with Crippen LogP contribution in [0.5, 0.6) is 0 Å². The summed E-state index contributed by atoms with van der Waals surface area (Å²) in [5.74, 6) is -2.77. The van der Waals surface area contributed by atoms with Crippen LogP contribution in [0.4, 0.5) is 4.39 Å². The molecule has 0 bridgehead atoms. The molecule has 2 amide bonds. The van der Waals surface area contributed by atoms with Gasteiger partial charge in [-0.2, -0.15) is 4.39 Å². The number of nitrogens with one attached hydrogen (secondary N) is 2. The Kier molecular flexibility index (Phi) is 8.09. The Labute approximate surface area is 119 Å². The lowest BCUT2D eigenvalue weighted by Crippen LogP contribution is -2.51. The molecular formula is C11H18FN3O6. The molecule has 0 aliphatic carbocycles. The zero-order chi connectivity index (χ0) is 16.6. The van der Waals surface area contributed by atoms with Gasteiger partial charge >= 0.3 is 12.0 Å². The number of nitrogens with two attached hydrogens (primary N) is 1. The van der Waals surface area contributed by atoms with Gasteiger partial charge in [0.15, 0.2) is 0 Å². The van der Waals surface area contributed by atoms with Crippen LogP contribution in [0.3, 0.4) is 0 Å². The van der Waals surface area contributed by atoms with Gasteiger partial charge in [0.2, 0.25) is 11.8 Å². The van der Waals surface area contributed by atoms with Gasteiger partial charge in [-0.15, -0.1) is 0 Å². The molecular weight excluding hydrogens is 289 g/mol. The van der Waals surface area contributed by atoms with Gasteiger partial charge in [-0.25, -0.2) is 0 Å². The molecule has 0 unspecified atom stereocenters. The number of amides is 2. The van der Waals surface area contributed by atoms with Crippen molar-refractivity contribution in [3.8, 4) is 0 Å². The molecule has 0 rings (SSSR count). The number of carboxylic acid groups (broad SMARTS) is 1. The SMILES string of the molecule is C[C@@H](O)[C@H](NC(=O)CNC(=O)[C@@H](N)CCC(=O)O)C(=O)F. The number of halogens is 1. The maximum atomic E-state index is 12.5. The summed E-state index contributed by atoms with van der Waals surface area (Å²) in [6, 6.07) is -4.73. The molecule has 0 saturated heterocycles. The Bertz CT molecular complexity index is 415. The molecule has 6 N–H and O–H groups in total. The van der Waals surface area contributed by atoms with Crippen LogP contribution >= 0.6 is 0 Å². The van der Waals surface area contributed by atoms with Gasteiger partial charge < -0.3 is 26.6 Å². The third-order valence-electron chi connectivity index (χ3n) is 2.47. The summed E-state index contributed by atoms with van der Waals surface area (Å²) in [7, 11) is 0. The van der Waals surface area contributed by atoms with Gasteiger partial charge in [-0.1, -0.05) is 0 Å². The van der Waals surface area contributed by atoms with Gasteiger partial charge in [-0.3, -0.25) is 19.2 Å². The third kappa shape index (κ3) is 7.95. The number of hydrogen-bond donors (Lipinski definition) is 5. The van der Waals surface area contributed by atoms with Crippen LogP contribution in [0.15, 0.2) is 0 Å². The van der Waals surface area contributed by atoms with Crippen LogP contribution in [-0.2, 0) is 19.2 Å². The quantitative estimate of drug-likeness (QED) is 0.298. The lowest BCUT2D eigenvalue weighted by Gasteiger charge is -2.17. The molecule has 120 valence electrons. The minimum atomic E-state index is -1.91. The Morgan fingerprint density at radius 1 is 1.29 bits per heavy atom. The minimum absolute atomic E-state index is 0.109. The van der Waals surface area contributed by atoms with Crippen molar-refractivity contribution in [2.75, 3.05) is 6.54 Å². The fraction of sp³-hybridized carbons (Fsp3) is 0.636. The van der Waals surface area contributed by atoms with Gasteiger partial charge in [0, 0.05) is 6.42 Å². The zero-order valence-corrected chi connectivity index (χ0v) is 11.3. The van der Waals surface area contributed by atoms with E-state index in [-0.39, 0.29) is 12.8 Å². The molecule has 0 aromatic heterocycles. The van der Waals surface area contributed by atoms with Crippen molar-refractivity contribution >= 4 is 23.8 Å². The predicted octanol–water partition coefficient (Wildman–Crippen LogP) is -2.34. The van der Waals surface area contributed by atoms with E-state index in [2.05, 4.69) is 5.32 Å². The van der Waals surface area contributed by atoms with Crippen LogP contribution in [0.2, 0.25) is 0 Å². The molecule has 9 nitrogen and oxygen atoms in total. The average molecular weight is 307 g/mol. The summed E-state index contributed by atoms with van der Waals surface area (Å²) in [5.41, 5.74) is 5.39. The maximum absolute atomic E-state index is 12.5. The van der Waals surface area contributed by atoms with Crippen molar-refractivity contribution < 1.29 is 33.8 Å². The molecule has 0 heterocycles. The average Bonchev–Trinajstić information content (AvgIpc) is 2.38. The number of rotatable bonds is 9. The van der Waals surface area contributed by atoms with E-state index in [1.54, 1.807) is 0 Å². The highest BCUT2D eigenvalue weighted by Crippen LogP contribution is 1.96. The van der Waals surface area contributed by atoms with Gasteiger partial charge in [0.05, 0.1) is 18.7 Å². The van der Waals surface area contributed by atoms with Crippen LogP contribution in [-0.4, -0.2) is 58.8 Å². The summed E-state index contributed by atoms with van der Waals surface area (Å²) in [4.78, 5) is 43.6. The van der Waals surface area contributed by atoms with E-state index >= 15 is 0 Å². The number of aliphatic hydroxyl groups is 1. The van der Waals surface area contributed by atoms with Crippen LogP contribution in [0.1, 0.15) is 19.8 Å². The monoisotopic (exact) mass is 307 g/mol. The first-order chi connectivity index (χ1) is 9.65. The normalized spacial score (nSPS) is 14.7. The molecule has 0 fully saturated rings. The molecule has 0 saturated carbocycles. The number of carboxylic acids is 1. The van der Waals surface area contributed by atoms with E-state index in [0.29, 0.717) is 0 Å².